The van der Waals surface area contributed by atoms with Gasteiger partial charge in [0.1, 0.15) is 5.82 Å². The smallest absolute Gasteiger partial charge is 0.149 e. The molecule has 0 atom stereocenters. The van der Waals surface area contributed by atoms with Crippen LogP contribution in [-0.4, -0.2) is 36.1 Å². The first-order valence-electron chi connectivity index (χ1n) is 5.83. The minimum atomic E-state index is 0.507. The number of piperidine rings is 1. The van der Waals surface area contributed by atoms with Crippen molar-refractivity contribution >= 4 is 11.5 Å². The van der Waals surface area contributed by atoms with E-state index in [0.29, 0.717) is 6.04 Å². The lowest BCUT2D eigenvalue weighted by Crippen LogP contribution is -2.37. The minimum absolute atomic E-state index is 0.507. The van der Waals surface area contributed by atoms with Crippen molar-refractivity contribution in [3.63, 3.8) is 0 Å². The van der Waals surface area contributed by atoms with Crippen LogP contribution in [0.1, 0.15) is 18.4 Å². The number of rotatable bonds is 2. The third-order valence-electron chi connectivity index (χ3n) is 3.27. The summed E-state index contributed by atoms with van der Waals surface area (Å²) in [7, 11) is 2.16. The Morgan fingerprint density at radius 2 is 2.12 bits per heavy atom. The molecule has 0 radical (unpaired) electrons. The summed E-state index contributed by atoms with van der Waals surface area (Å²) in [5.41, 5.74) is 7.86. The molecule has 0 spiro atoms. The third-order valence-corrected chi connectivity index (χ3v) is 3.27. The van der Waals surface area contributed by atoms with Gasteiger partial charge in [0.15, 0.2) is 0 Å². The zero-order valence-corrected chi connectivity index (χ0v) is 10.0. The Hall–Kier alpha value is -1.29. The average molecular weight is 220 g/mol. The first-order chi connectivity index (χ1) is 7.66. The van der Waals surface area contributed by atoms with Gasteiger partial charge in [-0.25, -0.2) is 4.98 Å². The minimum Gasteiger partial charge on any atom is -0.396 e. The molecule has 4 heteroatoms. The molecule has 1 saturated heterocycles. The molecular formula is C12H20N4. The number of anilines is 2. The lowest BCUT2D eigenvalue weighted by molar-refractivity contribution is 0.263. The standard InChI is InChI=1S/C12H20N4/c1-9-3-6-14-12(11(9)13)15-10-4-7-16(2)8-5-10/h3,6,10H,4-5,7-8,13H2,1-2H3,(H,14,15). The van der Waals surface area contributed by atoms with Crippen molar-refractivity contribution in [1.82, 2.24) is 9.88 Å². The largest absolute Gasteiger partial charge is 0.396 e. The summed E-state index contributed by atoms with van der Waals surface area (Å²) in [5, 5.41) is 3.45. The number of aryl methyl sites for hydroxylation is 1. The molecule has 2 rings (SSSR count). The van der Waals surface area contributed by atoms with Crippen molar-refractivity contribution in [3.8, 4) is 0 Å². The normalized spacial score (nSPS) is 18.6. The van der Waals surface area contributed by atoms with Crippen molar-refractivity contribution in [2.45, 2.75) is 25.8 Å². The molecule has 2 heterocycles. The van der Waals surface area contributed by atoms with E-state index >= 15 is 0 Å². The third kappa shape index (κ3) is 2.44. The van der Waals surface area contributed by atoms with Crippen LogP contribution in [0, 0.1) is 6.92 Å². The number of nitrogens with one attached hydrogen (secondary N) is 1. The molecule has 0 aromatic carbocycles. The Labute approximate surface area is 96.8 Å². The Bertz CT molecular complexity index is 356. The van der Waals surface area contributed by atoms with Crippen LogP contribution < -0.4 is 11.1 Å². The van der Waals surface area contributed by atoms with Gasteiger partial charge in [-0.1, -0.05) is 0 Å². The molecule has 1 aliphatic heterocycles. The number of nitrogens with two attached hydrogens (primary N) is 1. The highest BCUT2D eigenvalue weighted by Crippen LogP contribution is 2.22. The van der Waals surface area contributed by atoms with Gasteiger partial charge < -0.3 is 16.0 Å². The molecule has 0 saturated carbocycles. The molecule has 1 aromatic rings. The Morgan fingerprint density at radius 1 is 1.44 bits per heavy atom. The number of nitrogens with zero attached hydrogens (tertiary/aromatic N) is 2. The van der Waals surface area contributed by atoms with Crippen molar-refractivity contribution in [2.24, 2.45) is 0 Å². The number of pyridine rings is 1. The fraction of sp³-hybridized carbons (Fsp3) is 0.583. The summed E-state index contributed by atoms with van der Waals surface area (Å²) in [6.45, 7) is 4.30. The molecule has 0 aliphatic carbocycles. The van der Waals surface area contributed by atoms with Crippen molar-refractivity contribution in [1.29, 1.82) is 0 Å². The summed E-state index contributed by atoms with van der Waals surface area (Å²) < 4.78 is 0. The van der Waals surface area contributed by atoms with E-state index in [2.05, 4.69) is 22.2 Å². The Kier molecular flexibility index (Phi) is 3.29. The molecule has 0 amide bonds. The van der Waals surface area contributed by atoms with Crippen LogP contribution in [0.3, 0.4) is 0 Å². The van der Waals surface area contributed by atoms with Crippen LogP contribution >= 0.6 is 0 Å². The van der Waals surface area contributed by atoms with Crippen LogP contribution in [0.5, 0.6) is 0 Å². The summed E-state index contributed by atoms with van der Waals surface area (Å²) in [4.78, 5) is 6.65. The number of hydrogen-bond donors (Lipinski definition) is 2. The number of aromatic nitrogens is 1. The molecule has 0 unspecified atom stereocenters. The van der Waals surface area contributed by atoms with E-state index in [4.69, 9.17) is 5.73 Å². The first kappa shape index (κ1) is 11.2. The second-order valence-electron chi connectivity index (χ2n) is 4.61. The summed E-state index contributed by atoms with van der Waals surface area (Å²) in [6, 6.07) is 2.45. The van der Waals surface area contributed by atoms with Gasteiger partial charge >= 0.3 is 0 Å². The number of nitrogen functional groups attached to an aromatic ring is 1. The topological polar surface area (TPSA) is 54.2 Å². The van der Waals surface area contributed by atoms with E-state index in [0.717, 1.165) is 43.0 Å². The van der Waals surface area contributed by atoms with E-state index in [1.807, 2.05) is 19.2 Å². The van der Waals surface area contributed by atoms with E-state index in [-0.39, 0.29) is 0 Å². The molecule has 3 N–H and O–H groups in total. The van der Waals surface area contributed by atoms with Crippen molar-refractivity contribution in [3.05, 3.63) is 17.8 Å². The van der Waals surface area contributed by atoms with Crippen LogP contribution in [0.2, 0.25) is 0 Å². The molecule has 88 valence electrons. The zero-order chi connectivity index (χ0) is 11.5. The number of likely N-dealkylation sites (tertiary alicyclic amines) is 1. The lowest BCUT2D eigenvalue weighted by atomic mass is 10.1. The van der Waals surface area contributed by atoms with Crippen LogP contribution in [0.15, 0.2) is 12.3 Å². The van der Waals surface area contributed by atoms with Gasteiger partial charge in [0.05, 0.1) is 5.69 Å². The second kappa shape index (κ2) is 4.70. The van der Waals surface area contributed by atoms with E-state index in [9.17, 15) is 0 Å². The van der Waals surface area contributed by atoms with E-state index < -0.39 is 0 Å². The monoisotopic (exact) mass is 220 g/mol. The summed E-state index contributed by atoms with van der Waals surface area (Å²) in [6.07, 6.45) is 4.13. The van der Waals surface area contributed by atoms with Crippen molar-refractivity contribution in [2.75, 3.05) is 31.2 Å². The number of hydrogen-bond acceptors (Lipinski definition) is 4. The fourth-order valence-electron chi connectivity index (χ4n) is 2.03. The highest BCUT2D eigenvalue weighted by molar-refractivity contribution is 5.65. The maximum atomic E-state index is 5.99. The van der Waals surface area contributed by atoms with E-state index in [1.54, 1.807) is 0 Å². The summed E-state index contributed by atoms with van der Waals surface area (Å²) >= 11 is 0. The Morgan fingerprint density at radius 3 is 2.81 bits per heavy atom. The Balaban J connectivity index is 2.01. The van der Waals surface area contributed by atoms with Crippen LogP contribution in [0.4, 0.5) is 11.5 Å². The highest BCUT2D eigenvalue weighted by atomic mass is 15.1. The van der Waals surface area contributed by atoms with Crippen molar-refractivity contribution < 1.29 is 0 Å². The lowest BCUT2D eigenvalue weighted by Gasteiger charge is -2.30. The molecule has 16 heavy (non-hydrogen) atoms. The zero-order valence-electron chi connectivity index (χ0n) is 10.0. The molecular weight excluding hydrogens is 200 g/mol. The molecule has 0 bridgehead atoms. The van der Waals surface area contributed by atoms with Gasteiger partial charge in [0, 0.05) is 12.2 Å². The molecule has 1 aromatic heterocycles. The predicted molar refractivity (Wildman–Crippen MR) is 67.5 cm³/mol. The fourth-order valence-corrected chi connectivity index (χ4v) is 2.03. The second-order valence-corrected chi connectivity index (χ2v) is 4.61. The van der Waals surface area contributed by atoms with Gasteiger partial charge in [-0.15, -0.1) is 0 Å². The summed E-state index contributed by atoms with van der Waals surface area (Å²) in [5.74, 6) is 0.842. The van der Waals surface area contributed by atoms with Gasteiger partial charge in [-0.05, 0) is 51.5 Å². The maximum absolute atomic E-state index is 5.99. The van der Waals surface area contributed by atoms with Gasteiger partial charge in [-0.2, -0.15) is 0 Å². The quantitative estimate of drug-likeness (QED) is 0.792. The van der Waals surface area contributed by atoms with Crippen LogP contribution in [0.25, 0.3) is 0 Å². The van der Waals surface area contributed by atoms with E-state index in [1.165, 1.54) is 0 Å². The predicted octanol–water partition coefficient (Wildman–Crippen LogP) is 1.48. The SMILES string of the molecule is Cc1ccnc(NC2CCN(C)CC2)c1N. The average Bonchev–Trinajstić information content (AvgIpc) is 2.28. The van der Waals surface area contributed by atoms with Gasteiger partial charge in [-0.3, -0.25) is 0 Å². The van der Waals surface area contributed by atoms with Gasteiger partial charge in [0.2, 0.25) is 0 Å². The molecule has 1 fully saturated rings. The van der Waals surface area contributed by atoms with Gasteiger partial charge in [0.25, 0.3) is 0 Å². The highest BCUT2D eigenvalue weighted by Gasteiger charge is 2.17. The molecule has 1 aliphatic rings. The maximum Gasteiger partial charge on any atom is 0.149 e. The first-order valence-corrected chi connectivity index (χ1v) is 5.83. The molecule has 4 nitrogen and oxygen atoms in total. The van der Waals surface area contributed by atoms with Crippen LogP contribution in [-0.2, 0) is 0 Å².